The smallest absolute Gasteiger partial charge is 0.261 e. The zero-order valence-electron chi connectivity index (χ0n) is 38.4. The highest BCUT2D eigenvalue weighted by Gasteiger charge is 2.39. The number of nitrogens with one attached hydrogen (secondary N) is 3. The van der Waals surface area contributed by atoms with Crippen LogP contribution in [-0.2, 0) is 28.0 Å². The highest BCUT2D eigenvalue weighted by molar-refractivity contribution is 6.07. The summed E-state index contributed by atoms with van der Waals surface area (Å²) in [6.45, 7) is 2.08. The van der Waals surface area contributed by atoms with Crippen LogP contribution in [0.15, 0.2) is 77.9 Å². The number of amides is 5. The number of halogens is 1. The molecular formula is C47H44FN7O10. The van der Waals surface area contributed by atoms with E-state index in [1.807, 2.05) is 0 Å². The lowest BCUT2D eigenvalue weighted by Crippen LogP contribution is -2.52. The lowest BCUT2D eigenvalue weighted by Gasteiger charge is -2.29. The summed E-state index contributed by atoms with van der Waals surface area (Å²) in [6, 6.07) is 15.4. The van der Waals surface area contributed by atoms with Gasteiger partial charge in [0, 0.05) is 61.2 Å². The third-order valence-electron chi connectivity index (χ3n) is 11.4. The molecule has 1 saturated heterocycles. The van der Waals surface area contributed by atoms with Gasteiger partial charge in [0.1, 0.15) is 23.7 Å². The van der Waals surface area contributed by atoms with Crippen molar-refractivity contribution in [1.29, 1.82) is 0 Å². The molecule has 6 aromatic rings. The van der Waals surface area contributed by atoms with Crippen LogP contribution in [0.2, 0.25) is 0 Å². The molecule has 0 bridgehead atoms. The van der Waals surface area contributed by atoms with Crippen LogP contribution >= 0.6 is 0 Å². The summed E-state index contributed by atoms with van der Waals surface area (Å²) in [6.07, 6.45) is 3.78. The molecule has 0 radical (unpaired) electrons. The Hall–Kier alpha value is -7.89. The van der Waals surface area contributed by atoms with E-state index in [0.717, 1.165) is 6.07 Å². The van der Waals surface area contributed by atoms with Crippen LogP contribution in [0.3, 0.4) is 0 Å². The number of unbranched alkanes of at least 4 members (excludes halogenated alkanes) is 2. The molecule has 1 unspecified atom stereocenters. The fourth-order valence-electron chi connectivity index (χ4n) is 7.94. The third kappa shape index (κ3) is 9.00. The van der Waals surface area contributed by atoms with Crippen LogP contribution in [0.1, 0.15) is 74.6 Å². The quantitative estimate of drug-likeness (QED) is 0.0764. The molecule has 1 fully saturated rings. The van der Waals surface area contributed by atoms with Gasteiger partial charge in [-0.05, 0) is 92.8 Å². The first kappa shape index (κ1) is 39.9. The summed E-state index contributed by atoms with van der Waals surface area (Å²) in [7, 11) is 0.353. The predicted molar refractivity (Wildman–Crippen MR) is 236 cm³/mol. The van der Waals surface area contributed by atoms with Gasteiger partial charge in [-0.2, -0.15) is 0 Å². The first-order valence-electron chi connectivity index (χ1n) is 22.1. The van der Waals surface area contributed by atoms with E-state index in [9.17, 15) is 28.8 Å². The molecule has 4 heterocycles. The number of carbonyl (C=O) groups excluding carboxylic acids is 5. The van der Waals surface area contributed by atoms with Crippen LogP contribution in [0, 0.1) is 12.7 Å². The molecule has 1 atom stereocenters. The fourth-order valence-corrected chi connectivity index (χ4v) is 7.94. The number of fused-ring (bicyclic) bond motifs is 3. The van der Waals surface area contributed by atoms with E-state index in [0.29, 0.717) is 76.3 Å². The average Bonchev–Trinajstić information content (AvgIpc) is 3.61. The maximum Gasteiger partial charge on any atom is 0.261 e. The summed E-state index contributed by atoms with van der Waals surface area (Å²) in [5, 5.41) is 8.16. The summed E-state index contributed by atoms with van der Waals surface area (Å²) < 4.78 is 61.8. The summed E-state index contributed by atoms with van der Waals surface area (Å²) >= 11 is 0. The minimum Gasteiger partial charge on any atom is -0.497 e. The number of ether oxygens (including phenoxy) is 4. The number of pyridine rings is 1. The van der Waals surface area contributed by atoms with Crippen molar-refractivity contribution in [3.05, 3.63) is 111 Å². The Balaban J connectivity index is 0.842. The molecule has 18 heteroatoms. The van der Waals surface area contributed by atoms with Gasteiger partial charge in [-0.25, -0.2) is 14.4 Å². The molecular weight excluding hydrogens is 842 g/mol. The fraction of sp³-hybridized carbons (Fsp3) is 0.277. The monoisotopic (exact) mass is 888 g/mol. The van der Waals surface area contributed by atoms with Crippen molar-refractivity contribution in [2.75, 3.05) is 31.4 Å². The molecule has 0 spiro atoms. The number of carbonyl (C=O) groups is 5. The first-order chi connectivity index (χ1) is 32.5. The number of methoxy groups -OCH3 is 2. The Morgan fingerprint density at radius 2 is 1.72 bits per heavy atom. The van der Waals surface area contributed by atoms with Gasteiger partial charge in [0.25, 0.3) is 11.8 Å². The van der Waals surface area contributed by atoms with Gasteiger partial charge in [0.05, 0.1) is 46.7 Å². The molecule has 2 aromatic heterocycles. The zero-order chi connectivity index (χ0) is 48.4. The second-order valence-corrected chi connectivity index (χ2v) is 15.5. The lowest BCUT2D eigenvalue weighted by atomic mass is 10.0. The molecule has 2 aliphatic heterocycles. The van der Waals surface area contributed by atoms with E-state index in [2.05, 4.69) is 25.9 Å². The van der Waals surface area contributed by atoms with E-state index in [1.165, 1.54) is 48.7 Å². The third-order valence-corrected chi connectivity index (χ3v) is 11.4. The number of nitrogens with zero attached hydrogens (tertiary/aromatic N) is 4. The maximum atomic E-state index is 15.6. The van der Waals surface area contributed by atoms with Gasteiger partial charge in [-0.15, -0.1) is 0 Å². The molecule has 3 N–H and O–H groups in total. The normalized spacial score (nSPS) is 15.4. The van der Waals surface area contributed by atoms with Crippen molar-refractivity contribution in [1.82, 2.24) is 24.8 Å². The van der Waals surface area contributed by atoms with Crippen LogP contribution in [-0.4, -0.2) is 75.8 Å². The average molecular weight is 889 g/mol. The van der Waals surface area contributed by atoms with Crippen molar-refractivity contribution >= 4 is 62.7 Å². The van der Waals surface area contributed by atoms with E-state index < -0.39 is 36.1 Å². The number of piperidine rings is 1. The minimum absolute atomic E-state index is 0.00788. The van der Waals surface area contributed by atoms with Gasteiger partial charge < -0.3 is 39.0 Å². The van der Waals surface area contributed by atoms with E-state index in [4.69, 9.17) is 23.1 Å². The van der Waals surface area contributed by atoms with Gasteiger partial charge in [0.2, 0.25) is 29.0 Å². The molecule has 2 aliphatic rings. The summed E-state index contributed by atoms with van der Waals surface area (Å²) in [5.74, 6) is -2.56. The Morgan fingerprint density at radius 3 is 2.51 bits per heavy atom. The number of benzene rings is 4. The second-order valence-electron chi connectivity index (χ2n) is 15.5. The maximum absolute atomic E-state index is 15.6. The van der Waals surface area contributed by atoms with Crippen molar-refractivity contribution < 1.29 is 51.4 Å². The van der Waals surface area contributed by atoms with Crippen LogP contribution in [0.5, 0.6) is 28.9 Å². The number of aryl methyl sites for hydroxylation is 1. The molecule has 4 aromatic carbocycles. The molecule has 334 valence electrons. The lowest BCUT2D eigenvalue weighted by molar-refractivity contribution is -0.137. The number of rotatable bonds is 15. The van der Waals surface area contributed by atoms with Gasteiger partial charge in [-0.1, -0.05) is 0 Å². The first-order valence-corrected chi connectivity index (χ1v) is 20.6. The number of aromatic nitrogens is 3. The Morgan fingerprint density at radius 1 is 0.908 bits per heavy atom. The Kier molecular flexibility index (Phi) is 11.3. The molecule has 65 heavy (non-hydrogen) atoms. The Bertz CT molecular complexity index is 3110. The van der Waals surface area contributed by atoms with Crippen molar-refractivity contribution in [2.24, 2.45) is 7.05 Å². The number of anilines is 2. The Labute approximate surface area is 375 Å². The topological polar surface area (TPSA) is 209 Å². The number of hydrogen-bond acceptors (Lipinski definition) is 12. The molecule has 17 nitrogen and oxygen atoms in total. The summed E-state index contributed by atoms with van der Waals surface area (Å²) in [4.78, 5) is 86.7. The van der Waals surface area contributed by atoms with Gasteiger partial charge in [-0.3, -0.25) is 34.1 Å². The highest BCUT2D eigenvalue weighted by atomic mass is 19.1. The van der Waals surface area contributed by atoms with Crippen molar-refractivity contribution in [3.63, 3.8) is 0 Å². The van der Waals surface area contributed by atoms with Crippen LogP contribution in [0.25, 0.3) is 21.8 Å². The highest BCUT2D eigenvalue weighted by Crippen LogP contribution is 2.37. The van der Waals surface area contributed by atoms with Crippen LogP contribution in [0.4, 0.5) is 15.8 Å². The van der Waals surface area contributed by atoms with Gasteiger partial charge >= 0.3 is 0 Å². The largest absolute Gasteiger partial charge is 0.497 e. The van der Waals surface area contributed by atoms with E-state index >= 15 is 4.39 Å². The van der Waals surface area contributed by atoms with Crippen LogP contribution < -0.4 is 40.3 Å². The standard InChI is InChI=1S/C47H44FN7O10/c1-25-42(43(58)32-20-29(62-3)11-13-35(32)54(25)2)45(60)52-28-10-15-37(33(48)19-28)65-46-31-21-38(63-4)39(22-34(31)49-24-50-46)64-17-7-5-6-8-40(56)51-27-9-12-30-26(18-27)23-55(47(30)61)36-14-16-41(57)53-44(36)59/h9-13,15,18-22,24,36H,5-8,14,16-17,23H2,1-4H3,(H,51,56)(H,52,60)(H,53,57,59)/i3D3. The number of imide groups is 1. The summed E-state index contributed by atoms with van der Waals surface area (Å²) in [5.41, 5.74) is 1.99. The van der Waals surface area contributed by atoms with Crippen molar-refractivity contribution in [3.8, 4) is 28.9 Å². The molecule has 5 amide bonds. The minimum atomic E-state index is -2.75. The number of hydrogen-bond donors (Lipinski definition) is 3. The molecule has 8 rings (SSSR count). The second kappa shape index (κ2) is 18.4. The SMILES string of the molecule is [2H]C([2H])([2H])Oc1ccc2c(c1)c(=O)c(C(=O)Nc1ccc(Oc3ncnc4cc(OCCCCCC(=O)Nc5ccc6c(c5)CN(C5CCC(=O)NC5=O)C6=O)c(OC)cc34)c(F)c1)c(C)n2C. The predicted octanol–water partition coefficient (Wildman–Crippen LogP) is 6.33. The zero-order valence-corrected chi connectivity index (χ0v) is 35.4. The van der Waals surface area contributed by atoms with E-state index in [-0.39, 0.29) is 77.5 Å². The van der Waals surface area contributed by atoms with E-state index in [1.54, 1.807) is 48.9 Å². The molecule has 0 saturated carbocycles. The molecule has 0 aliphatic carbocycles. The van der Waals surface area contributed by atoms with Gasteiger partial charge in [0.15, 0.2) is 23.1 Å². The van der Waals surface area contributed by atoms with Crippen molar-refractivity contribution in [2.45, 2.75) is 58.0 Å².